The minimum Gasteiger partial charge on any atom is -0.495 e. The number of nitrogens with zero attached hydrogens (tertiary/aromatic N) is 1. The number of rotatable bonds is 6. The van der Waals surface area contributed by atoms with Crippen molar-refractivity contribution in [3.8, 4) is 11.5 Å². The topological polar surface area (TPSA) is 125 Å². The fourth-order valence-electron chi connectivity index (χ4n) is 1.97. The Hall–Kier alpha value is -2.85. The number of methoxy groups -OCH3 is 1. The third-order valence-corrected chi connectivity index (χ3v) is 4.62. The van der Waals surface area contributed by atoms with Crippen LogP contribution < -0.4 is 14.2 Å². The van der Waals surface area contributed by atoms with Crippen LogP contribution >= 0.6 is 11.6 Å². The van der Waals surface area contributed by atoms with Crippen LogP contribution in [0.4, 0.5) is 11.4 Å². The Bertz CT molecular complexity index is 976. The van der Waals surface area contributed by atoms with E-state index in [1.807, 2.05) is 0 Å². The van der Waals surface area contributed by atoms with Crippen LogP contribution in [0.3, 0.4) is 0 Å². The molecule has 2 rings (SSSR count). The second kappa shape index (κ2) is 7.58. The van der Waals surface area contributed by atoms with Gasteiger partial charge in [0.2, 0.25) is 5.91 Å². The molecule has 0 radical (unpaired) electrons. The molecule has 0 spiro atoms. The van der Waals surface area contributed by atoms with Crippen molar-refractivity contribution in [1.82, 2.24) is 0 Å². The summed E-state index contributed by atoms with van der Waals surface area (Å²) in [5.41, 5.74) is -0.170. The molecule has 0 aliphatic heterocycles. The number of carbonyl (C=O) groups is 1. The van der Waals surface area contributed by atoms with Gasteiger partial charge in [-0.05, 0) is 24.3 Å². The third kappa shape index (κ3) is 4.41. The van der Waals surface area contributed by atoms with E-state index in [2.05, 4.69) is 5.32 Å². The lowest BCUT2D eigenvalue weighted by Crippen LogP contribution is -2.12. The summed E-state index contributed by atoms with van der Waals surface area (Å²) >= 11 is 5.84. The Kier molecular flexibility index (Phi) is 5.68. The normalized spacial score (nSPS) is 10.9. The van der Waals surface area contributed by atoms with Crippen molar-refractivity contribution >= 4 is 39.0 Å². The first-order chi connectivity index (χ1) is 12.1. The monoisotopic (exact) mass is 400 g/mol. The quantitative estimate of drug-likeness (QED) is 0.448. The number of amides is 1. The highest BCUT2D eigenvalue weighted by Gasteiger charge is 2.21. The summed E-state index contributed by atoms with van der Waals surface area (Å²) < 4.78 is 34.9. The summed E-state index contributed by atoms with van der Waals surface area (Å²) in [6.45, 7) is 1.26. The van der Waals surface area contributed by atoms with Gasteiger partial charge in [-0.15, -0.1) is 0 Å². The molecular weight excluding hydrogens is 388 g/mol. The molecule has 0 aliphatic rings. The van der Waals surface area contributed by atoms with Gasteiger partial charge in [0.15, 0.2) is 5.75 Å². The second-order valence-corrected chi connectivity index (χ2v) is 6.91. The Labute approximate surface area is 153 Å². The molecule has 0 bridgehead atoms. The van der Waals surface area contributed by atoms with E-state index in [1.54, 1.807) is 0 Å². The van der Waals surface area contributed by atoms with E-state index in [0.717, 1.165) is 24.3 Å². The number of halogens is 1. The van der Waals surface area contributed by atoms with Crippen molar-refractivity contribution in [3.05, 3.63) is 51.5 Å². The number of nitro benzene ring substituents is 1. The predicted octanol–water partition coefficient (Wildman–Crippen LogP) is 2.98. The Morgan fingerprint density at radius 1 is 1.19 bits per heavy atom. The molecule has 2 aromatic rings. The van der Waals surface area contributed by atoms with Gasteiger partial charge in [0.25, 0.3) is 5.69 Å². The van der Waals surface area contributed by atoms with Crippen molar-refractivity contribution in [3.63, 3.8) is 0 Å². The average molecular weight is 401 g/mol. The van der Waals surface area contributed by atoms with E-state index in [1.165, 1.54) is 26.2 Å². The first-order valence-corrected chi connectivity index (χ1v) is 8.76. The van der Waals surface area contributed by atoms with Gasteiger partial charge in [-0.25, -0.2) is 0 Å². The number of nitrogens with one attached hydrogen (secondary N) is 1. The molecule has 138 valence electrons. The minimum absolute atomic E-state index is 0.138. The van der Waals surface area contributed by atoms with Crippen molar-refractivity contribution in [2.24, 2.45) is 0 Å². The van der Waals surface area contributed by atoms with Gasteiger partial charge >= 0.3 is 10.1 Å². The lowest BCUT2D eigenvalue weighted by molar-refractivity contribution is -0.384. The summed E-state index contributed by atoms with van der Waals surface area (Å²) in [5.74, 6) is -0.432. The van der Waals surface area contributed by atoms with E-state index in [4.69, 9.17) is 20.5 Å². The first-order valence-electron chi connectivity index (χ1n) is 6.98. The summed E-state index contributed by atoms with van der Waals surface area (Å²) in [7, 11) is -2.95. The number of non-ortho nitro benzene ring substituents is 1. The summed E-state index contributed by atoms with van der Waals surface area (Å²) in [4.78, 5) is 21.0. The van der Waals surface area contributed by atoms with Crippen LogP contribution in [0.5, 0.6) is 11.5 Å². The molecule has 2 aromatic carbocycles. The standard InChI is InChI=1S/C15H13ClN2O7S/c1-9(19)17-13-8-11(4-6-15(13)24-2)26(22,23)25-14-5-3-10(18(20)21)7-12(14)16/h3-8H,1-2H3,(H,17,19). The highest BCUT2D eigenvalue weighted by atomic mass is 35.5. The highest BCUT2D eigenvalue weighted by molar-refractivity contribution is 7.87. The van der Waals surface area contributed by atoms with Crippen molar-refractivity contribution < 1.29 is 27.1 Å². The van der Waals surface area contributed by atoms with E-state index in [0.29, 0.717) is 0 Å². The van der Waals surface area contributed by atoms with Crippen LogP contribution in [-0.4, -0.2) is 26.4 Å². The van der Waals surface area contributed by atoms with Gasteiger partial charge in [0.1, 0.15) is 10.6 Å². The van der Waals surface area contributed by atoms with Crippen LogP contribution in [0, 0.1) is 10.1 Å². The Morgan fingerprint density at radius 3 is 2.38 bits per heavy atom. The molecule has 1 N–H and O–H groups in total. The average Bonchev–Trinajstić information content (AvgIpc) is 2.55. The fourth-order valence-corrected chi connectivity index (χ4v) is 3.20. The lowest BCUT2D eigenvalue weighted by Gasteiger charge is -2.12. The zero-order chi connectivity index (χ0) is 19.5. The molecule has 0 aromatic heterocycles. The molecule has 0 unspecified atom stereocenters. The van der Waals surface area contributed by atoms with Crippen molar-refractivity contribution in [2.75, 3.05) is 12.4 Å². The van der Waals surface area contributed by atoms with Crippen LogP contribution in [0.2, 0.25) is 5.02 Å². The second-order valence-electron chi connectivity index (χ2n) is 4.95. The molecule has 0 heterocycles. The van der Waals surface area contributed by atoms with Gasteiger partial charge in [-0.1, -0.05) is 11.6 Å². The van der Waals surface area contributed by atoms with Gasteiger partial charge in [-0.2, -0.15) is 8.42 Å². The maximum absolute atomic E-state index is 12.4. The van der Waals surface area contributed by atoms with Crippen LogP contribution in [0.25, 0.3) is 0 Å². The Balaban J connectivity index is 2.38. The van der Waals surface area contributed by atoms with Gasteiger partial charge in [0, 0.05) is 19.1 Å². The molecule has 0 aliphatic carbocycles. The van der Waals surface area contributed by atoms with Crippen LogP contribution in [0.1, 0.15) is 6.92 Å². The van der Waals surface area contributed by atoms with Gasteiger partial charge < -0.3 is 14.2 Å². The molecule has 1 amide bonds. The summed E-state index contributed by atoms with van der Waals surface area (Å²) in [6, 6.07) is 6.85. The number of nitro groups is 1. The van der Waals surface area contributed by atoms with Crippen molar-refractivity contribution in [1.29, 1.82) is 0 Å². The first kappa shape index (κ1) is 19.5. The molecule has 0 saturated heterocycles. The fraction of sp³-hybridized carbons (Fsp3) is 0.133. The molecule has 0 saturated carbocycles. The smallest absolute Gasteiger partial charge is 0.339 e. The summed E-state index contributed by atoms with van der Waals surface area (Å²) in [6.07, 6.45) is 0. The van der Waals surface area contributed by atoms with E-state index < -0.39 is 20.9 Å². The predicted molar refractivity (Wildman–Crippen MR) is 93.2 cm³/mol. The molecule has 26 heavy (non-hydrogen) atoms. The SMILES string of the molecule is COc1ccc(S(=O)(=O)Oc2ccc([N+](=O)[O-])cc2Cl)cc1NC(C)=O. The molecule has 11 heteroatoms. The molecular formula is C15H13ClN2O7S. The van der Waals surface area contributed by atoms with Gasteiger partial charge in [-0.3, -0.25) is 14.9 Å². The van der Waals surface area contributed by atoms with E-state index >= 15 is 0 Å². The maximum atomic E-state index is 12.4. The molecule has 0 fully saturated rings. The number of hydrogen-bond acceptors (Lipinski definition) is 7. The van der Waals surface area contributed by atoms with E-state index in [9.17, 15) is 23.3 Å². The highest BCUT2D eigenvalue weighted by Crippen LogP contribution is 2.33. The van der Waals surface area contributed by atoms with Gasteiger partial charge in [0.05, 0.1) is 22.7 Å². The number of carbonyl (C=O) groups excluding carboxylic acids is 1. The number of benzene rings is 2. The minimum atomic E-state index is -4.31. The Morgan fingerprint density at radius 2 is 1.85 bits per heavy atom. The third-order valence-electron chi connectivity index (χ3n) is 3.10. The van der Waals surface area contributed by atoms with E-state index in [-0.39, 0.29) is 32.8 Å². The van der Waals surface area contributed by atoms with Crippen molar-refractivity contribution in [2.45, 2.75) is 11.8 Å². The maximum Gasteiger partial charge on any atom is 0.339 e. The number of ether oxygens (including phenoxy) is 1. The van der Waals surface area contributed by atoms with Crippen LogP contribution in [-0.2, 0) is 14.9 Å². The summed E-state index contributed by atoms with van der Waals surface area (Å²) in [5, 5.41) is 12.9. The number of hydrogen-bond donors (Lipinski definition) is 1. The largest absolute Gasteiger partial charge is 0.495 e. The lowest BCUT2D eigenvalue weighted by atomic mass is 10.3. The molecule has 9 nitrogen and oxygen atoms in total. The molecule has 0 atom stereocenters. The zero-order valence-electron chi connectivity index (χ0n) is 13.6. The zero-order valence-corrected chi connectivity index (χ0v) is 15.1. The van der Waals surface area contributed by atoms with Crippen LogP contribution in [0.15, 0.2) is 41.3 Å². The number of anilines is 1.